The van der Waals surface area contributed by atoms with Gasteiger partial charge in [-0.25, -0.2) is 4.98 Å². The van der Waals surface area contributed by atoms with Crippen molar-refractivity contribution < 1.29 is 0 Å². The Labute approximate surface area is 121 Å². The average molecular weight is 291 g/mol. The van der Waals surface area contributed by atoms with Crippen LogP contribution in [0.15, 0.2) is 42.5 Å². The lowest BCUT2D eigenvalue weighted by molar-refractivity contribution is 0.979. The van der Waals surface area contributed by atoms with E-state index in [0.29, 0.717) is 10.9 Å². The van der Waals surface area contributed by atoms with Crippen LogP contribution in [0.2, 0.25) is 5.02 Å². The molecule has 1 aromatic heterocycles. The molecule has 0 saturated heterocycles. The van der Waals surface area contributed by atoms with E-state index in [0.717, 1.165) is 28.1 Å². The van der Waals surface area contributed by atoms with E-state index in [2.05, 4.69) is 18.0 Å². The molecule has 0 amide bonds. The molecular weight excluding hydrogens is 279 g/mol. The summed E-state index contributed by atoms with van der Waals surface area (Å²) < 4.78 is 2.04. The van der Waals surface area contributed by atoms with Crippen molar-refractivity contribution in [3.8, 4) is 5.69 Å². The van der Waals surface area contributed by atoms with Crippen LogP contribution in [0.1, 0.15) is 11.4 Å². The monoisotopic (exact) mass is 290 g/mol. The molecule has 2 aromatic carbocycles. The van der Waals surface area contributed by atoms with Gasteiger partial charge in [-0.1, -0.05) is 35.9 Å². The lowest BCUT2D eigenvalue weighted by Crippen LogP contribution is -2.00. The van der Waals surface area contributed by atoms with Crippen LogP contribution in [0.4, 0.5) is 0 Å². The number of benzene rings is 2. The minimum atomic E-state index is 0.347. The summed E-state index contributed by atoms with van der Waals surface area (Å²) in [5.41, 5.74) is 4.07. The van der Waals surface area contributed by atoms with E-state index in [9.17, 15) is 0 Å². The first kappa shape index (κ1) is 12.5. The molecule has 19 heavy (non-hydrogen) atoms. The minimum absolute atomic E-state index is 0.347. The molecule has 0 aliphatic heterocycles. The molecule has 3 rings (SSSR count). The summed E-state index contributed by atoms with van der Waals surface area (Å²) in [4.78, 5) is 4.58. The van der Waals surface area contributed by atoms with Gasteiger partial charge in [0.25, 0.3) is 0 Å². The van der Waals surface area contributed by atoms with Crippen molar-refractivity contribution in [2.24, 2.45) is 0 Å². The van der Waals surface area contributed by atoms with Gasteiger partial charge in [-0.15, -0.1) is 11.6 Å². The molecule has 0 spiro atoms. The number of rotatable bonds is 2. The highest BCUT2D eigenvalue weighted by molar-refractivity contribution is 6.32. The Morgan fingerprint density at radius 2 is 1.89 bits per heavy atom. The maximum absolute atomic E-state index is 6.31. The summed E-state index contributed by atoms with van der Waals surface area (Å²) in [7, 11) is 0. The molecule has 2 nitrogen and oxygen atoms in total. The lowest BCUT2D eigenvalue weighted by Gasteiger charge is -2.10. The Balaban J connectivity index is 2.42. The van der Waals surface area contributed by atoms with Crippen LogP contribution in [-0.4, -0.2) is 9.55 Å². The van der Waals surface area contributed by atoms with Crippen molar-refractivity contribution in [1.82, 2.24) is 9.55 Å². The van der Waals surface area contributed by atoms with Gasteiger partial charge in [0.05, 0.1) is 27.6 Å². The summed E-state index contributed by atoms with van der Waals surface area (Å²) in [6.07, 6.45) is 0. The SMILES string of the molecule is Cc1cccc2nc(CCl)n(-c3ccccc3Cl)c12. The number of hydrogen-bond acceptors (Lipinski definition) is 1. The van der Waals surface area contributed by atoms with Gasteiger partial charge in [0.1, 0.15) is 5.82 Å². The maximum atomic E-state index is 6.31. The van der Waals surface area contributed by atoms with Crippen LogP contribution in [0.3, 0.4) is 0 Å². The molecular formula is C15H12Cl2N2. The van der Waals surface area contributed by atoms with Gasteiger partial charge < -0.3 is 0 Å². The zero-order valence-corrected chi connectivity index (χ0v) is 11.9. The lowest BCUT2D eigenvalue weighted by atomic mass is 10.2. The first-order valence-corrected chi connectivity index (χ1v) is 6.91. The second kappa shape index (κ2) is 4.87. The Morgan fingerprint density at radius 3 is 2.63 bits per heavy atom. The van der Waals surface area contributed by atoms with Crippen LogP contribution in [0.5, 0.6) is 0 Å². The third-order valence-electron chi connectivity index (χ3n) is 3.16. The Morgan fingerprint density at radius 1 is 1.11 bits per heavy atom. The Bertz CT molecular complexity index is 747. The number of halogens is 2. The van der Waals surface area contributed by atoms with Gasteiger partial charge >= 0.3 is 0 Å². The van der Waals surface area contributed by atoms with Crippen molar-refractivity contribution in [1.29, 1.82) is 0 Å². The molecule has 96 valence electrons. The molecule has 0 bridgehead atoms. The summed E-state index contributed by atoms with van der Waals surface area (Å²) in [5, 5.41) is 0.691. The van der Waals surface area contributed by atoms with Crippen molar-refractivity contribution in [3.05, 3.63) is 58.9 Å². The number of alkyl halides is 1. The van der Waals surface area contributed by atoms with E-state index in [1.54, 1.807) is 0 Å². The van der Waals surface area contributed by atoms with Gasteiger partial charge in [-0.05, 0) is 30.7 Å². The van der Waals surface area contributed by atoms with Crippen LogP contribution >= 0.6 is 23.2 Å². The summed E-state index contributed by atoms with van der Waals surface area (Å²) >= 11 is 12.3. The fraction of sp³-hybridized carbons (Fsp3) is 0.133. The second-order valence-electron chi connectivity index (χ2n) is 4.39. The van der Waals surface area contributed by atoms with Crippen molar-refractivity contribution in [2.45, 2.75) is 12.8 Å². The molecule has 0 fully saturated rings. The zero-order chi connectivity index (χ0) is 13.4. The van der Waals surface area contributed by atoms with E-state index in [1.807, 2.05) is 41.0 Å². The first-order chi connectivity index (χ1) is 9.22. The molecule has 3 aromatic rings. The van der Waals surface area contributed by atoms with Gasteiger partial charge in [-0.2, -0.15) is 0 Å². The number of aryl methyl sites for hydroxylation is 1. The molecule has 0 saturated carbocycles. The van der Waals surface area contributed by atoms with E-state index in [-0.39, 0.29) is 0 Å². The zero-order valence-electron chi connectivity index (χ0n) is 10.4. The molecule has 4 heteroatoms. The van der Waals surface area contributed by atoms with Crippen LogP contribution in [0, 0.1) is 6.92 Å². The van der Waals surface area contributed by atoms with Crippen molar-refractivity contribution in [2.75, 3.05) is 0 Å². The predicted octanol–water partition coefficient (Wildman–Crippen LogP) is 4.73. The molecule has 1 heterocycles. The van der Waals surface area contributed by atoms with Gasteiger partial charge in [0.2, 0.25) is 0 Å². The number of fused-ring (bicyclic) bond motifs is 1. The topological polar surface area (TPSA) is 17.8 Å². The van der Waals surface area contributed by atoms with E-state index in [1.165, 1.54) is 0 Å². The van der Waals surface area contributed by atoms with Gasteiger partial charge in [0, 0.05) is 0 Å². The van der Waals surface area contributed by atoms with Crippen molar-refractivity contribution in [3.63, 3.8) is 0 Å². The van der Waals surface area contributed by atoms with Crippen LogP contribution in [-0.2, 0) is 5.88 Å². The van der Waals surface area contributed by atoms with E-state index < -0.39 is 0 Å². The first-order valence-electron chi connectivity index (χ1n) is 6.00. The molecule has 0 aliphatic carbocycles. The van der Waals surface area contributed by atoms with E-state index >= 15 is 0 Å². The van der Waals surface area contributed by atoms with Gasteiger partial charge in [0.15, 0.2) is 0 Å². The van der Waals surface area contributed by atoms with Gasteiger partial charge in [-0.3, -0.25) is 4.57 Å². The largest absolute Gasteiger partial charge is 0.294 e. The molecule has 0 N–H and O–H groups in total. The summed E-state index contributed by atoms with van der Waals surface area (Å²) in [6, 6.07) is 13.8. The summed E-state index contributed by atoms with van der Waals surface area (Å²) in [6.45, 7) is 2.06. The number of para-hydroxylation sites is 2. The molecule has 0 atom stereocenters. The van der Waals surface area contributed by atoms with Crippen LogP contribution in [0.25, 0.3) is 16.7 Å². The quantitative estimate of drug-likeness (QED) is 0.624. The third kappa shape index (κ3) is 2.01. The molecule has 0 radical (unpaired) electrons. The number of hydrogen-bond donors (Lipinski definition) is 0. The highest BCUT2D eigenvalue weighted by Crippen LogP contribution is 2.29. The number of nitrogens with zero attached hydrogens (tertiary/aromatic N) is 2. The average Bonchev–Trinajstić information content (AvgIpc) is 2.79. The van der Waals surface area contributed by atoms with E-state index in [4.69, 9.17) is 23.2 Å². The number of aromatic nitrogens is 2. The smallest absolute Gasteiger partial charge is 0.129 e. The fourth-order valence-corrected chi connectivity index (χ4v) is 2.72. The normalized spacial score (nSPS) is 11.1. The number of imidazole rings is 1. The highest BCUT2D eigenvalue weighted by atomic mass is 35.5. The predicted molar refractivity (Wildman–Crippen MR) is 80.4 cm³/mol. The minimum Gasteiger partial charge on any atom is -0.294 e. The highest BCUT2D eigenvalue weighted by Gasteiger charge is 2.14. The molecule has 0 aliphatic rings. The van der Waals surface area contributed by atoms with Crippen LogP contribution < -0.4 is 0 Å². The summed E-state index contributed by atoms with van der Waals surface area (Å²) in [5.74, 6) is 1.15. The second-order valence-corrected chi connectivity index (χ2v) is 5.07. The third-order valence-corrected chi connectivity index (χ3v) is 3.72. The van der Waals surface area contributed by atoms with Crippen molar-refractivity contribution >= 4 is 34.2 Å². The Hall–Kier alpha value is -1.51. The standard InChI is InChI=1S/C15H12Cl2N2/c1-10-5-4-7-12-15(10)19(14(9-16)18-12)13-8-3-2-6-11(13)17/h2-8H,9H2,1H3. The molecule has 0 unspecified atom stereocenters. The fourth-order valence-electron chi connectivity index (χ4n) is 2.32. The maximum Gasteiger partial charge on any atom is 0.129 e. The Kier molecular flexibility index (Phi) is 3.21.